The highest BCUT2D eigenvalue weighted by Gasteiger charge is 2.13. The maximum Gasteiger partial charge on any atom is 0.254 e. The van der Waals surface area contributed by atoms with E-state index in [1.165, 1.54) is 4.88 Å². The van der Waals surface area contributed by atoms with Crippen molar-refractivity contribution in [3.05, 3.63) is 56.8 Å². The lowest BCUT2D eigenvalue weighted by Gasteiger charge is -2.06. The summed E-state index contributed by atoms with van der Waals surface area (Å²) in [6.07, 6.45) is 0. The normalized spacial score (nSPS) is 10.5. The molecule has 1 N–H and O–H groups in total. The predicted molar refractivity (Wildman–Crippen MR) is 71.3 cm³/mol. The van der Waals surface area contributed by atoms with E-state index in [2.05, 4.69) is 5.32 Å². The zero-order chi connectivity index (χ0) is 14.0. The van der Waals surface area contributed by atoms with Gasteiger partial charge >= 0.3 is 0 Å². The van der Waals surface area contributed by atoms with Crippen LogP contribution in [0.4, 0.5) is 8.78 Å². The summed E-state index contributed by atoms with van der Waals surface area (Å²) in [4.78, 5) is 13.0. The molecule has 0 radical (unpaired) electrons. The van der Waals surface area contributed by atoms with E-state index in [1.54, 1.807) is 11.3 Å². The van der Waals surface area contributed by atoms with Gasteiger partial charge in [0.25, 0.3) is 5.91 Å². The summed E-state index contributed by atoms with van der Waals surface area (Å²) in [7, 11) is 0. The average Bonchev–Trinajstić information content (AvgIpc) is 2.70. The Labute approximate surface area is 114 Å². The van der Waals surface area contributed by atoms with Gasteiger partial charge in [-0.2, -0.15) is 0 Å². The molecular weight excluding hydrogens is 268 g/mol. The van der Waals surface area contributed by atoms with Crippen LogP contribution in [0.2, 0.25) is 0 Å². The van der Waals surface area contributed by atoms with Crippen LogP contribution >= 0.6 is 11.3 Å². The van der Waals surface area contributed by atoms with Gasteiger partial charge in [0.1, 0.15) is 11.6 Å². The van der Waals surface area contributed by atoms with Crippen LogP contribution in [0.5, 0.6) is 0 Å². The van der Waals surface area contributed by atoms with Crippen LogP contribution in [0.3, 0.4) is 0 Å². The van der Waals surface area contributed by atoms with Crippen LogP contribution in [0.1, 0.15) is 26.4 Å². The van der Waals surface area contributed by atoms with Crippen molar-refractivity contribution in [2.45, 2.75) is 20.4 Å². The third-order valence-electron chi connectivity index (χ3n) is 3.00. The molecule has 0 fully saturated rings. The van der Waals surface area contributed by atoms with E-state index in [1.807, 2.05) is 19.2 Å². The second-order valence-electron chi connectivity index (χ2n) is 4.25. The number of aryl methyl sites for hydroxylation is 1. The summed E-state index contributed by atoms with van der Waals surface area (Å²) in [6.45, 7) is 4.28. The minimum atomic E-state index is -0.725. The van der Waals surface area contributed by atoms with Gasteiger partial charge in [-0.3, -0.25) is 4.79 Å². The lowest BCUT2D eigenvalue weighted by molar-refractivity contribution is 0.0946. The Bertz CT molecular complexity index is 622. The molecule has 1 aromatic carbocycles. The van der Waals surface area contributed by atoms with E-state index in [4.69, 9.17) is 0 Å². The minimum Gasteiger partial charge on any atom is -0.348 e. The number of carbonyl (C=O) groups excluding carboxylic acids is 1. The van der Waals surface area contributed by atoms with E-state index < -0.39 is 17.5 Å². The molecule has 0 bridgehead atoms. The summed E-state index contributed by atoms with van der Waals surface area (Å²) in [5.74, 6) is -1.97. The van der Waals surface area contributed by atoms with Crippen molar-refractivity contribution in [2.24, 2.45) is 0 Å². The van der Waals surface area contributed by atoms with Gasteiger partial charge in [-0.05, 0) is 48.6 Å². The molecule has 0 aliphatic carbocycles. The van der Waals surface area contributed by atoms with E-state index in [-0.39, 0.29) is 5.56 Å². The number of carbonyl (C=O) groups is 1. The highest BCUT2D eigenvalue weighted by atomic mass is 32.1. The largest absolute Gasteiger partial charge is 0.348 e. The van der Waals surface area contributed by atoms with Crippen LogP contribution in [-0.2, 0) is 6.54 Å². The molecule has 1 amide bonds. The molecule has 0 aliphatic heterocycles. The van der Waals surface area contributed by atoms with Crippen molar-refractivity contribution in [1.29, 1.82) is 0 Å². The monoisotopic (exact) mass is 281 g/mol. The van der Waals surface area contributed by atoms with E-state index >= 15 is 0 Å². The van der Waals surface area contributed by atoms with Crippen molar-refractivity contribution in [1.82, 2.24) is 5.32 Å². The number of nitrogens with one attached hydrogen (secondary N) is 1. The topological polar surface area (TPSA) is 29.1 Å². The fourth-order valence-electron chi connectivity index (χ4n) is 1.68. The summed E-state index contributed by atoms with van der Waals surface area (Å²) < 4.78 is 26.4. The molecule has 0 spiro atoms. The van der Waals surface area contributed by atoms with Crippen LogP contribution in [-0.4, -0.2) is 5.91 Å². The Morgan fingerprint density at radius 2 is 2.05 bits per heavy atom. The van der Waals surface area contributed by atoms with Gasteiger partial charge in [0.2, 0.25) is 0 Å². The van der Waals surface area contributed by atoms with Gasteiger partial charge in [0, 0.05) is 11.4 Å². The highest BCUT2D eigenvalue weighted by molar-refractivity contribution is 7.10. The molecule has 0 saturated heterocycles. The van der Waals surface area contributed by atoms with Gasteiger partial charge in [0.05, 0.1) is 5.56 Å². The highest BCUT2D eigenvalue weighted by Crippen LogP contribution is 2.20. The summed E-state index contributed by atoms with van der Waals surface area (Å²) in [6, 6.07) is 2.83. The summed E-state index contributed by atoms with van der Waals surface area (Å²) in [5, 5.41) is 4.55. The number of amides is 1. The number of rotatable bonds is 3. The quantitative estimate of drug-likeness (QED) is 0.915. The van der Waals surface area contributed by atoms with Crippen molar-refractivity contribution < 1.29 is 13.6 Å². The SMILES string of the molecule is Cc1scc(CNC(=O)c2cc(F)ccc2F)c1C. The van der Waals surface area contributed by atoms with Crippen molar-refractivity contribution in [3.8, 4) is 0 Å². The average molecular weight is 281 g/mol. The first-order valence-corrected chi connectivity index (χ1v) is 6.64. The third-order valence-corrected chi connectivity index (χ3v) is 4.06. The first kappa shape index (κ1) is 13.7. The van der Waals surface area contributed by atoms with Crippen LogP contribution in [0.15, 0.2) is 23.6 Å². The maximum atomic E-state index is 13.4. The van der Waals surface area contributed by atoms with Gasteiger partial charge in [-0.1, -0.05) is 0 Å². The molecule has 2 aromatic rings. The van der Waals surface area contributed by atoms with Gasteiger partial charge in [-0.25, -0.2) is 8.78 Å². The fraction of sp³-hybridized carbons (Fsp3) is 0.214. The van der Waals surface area contributed by atoms with Crippen molar-refractivity contribution in [3.63, 3.8) is 0 Å². The maximum absolute atomic E-state index is 13.4. The first-order chi connectivity index (χ1) is 8.99. The Kier molecular flexibility index (Phi) is 3.95. The molecule has 0 atom stereocenters. The lowest BCUT2D eigenvalue weighted by atomic mass is 10.1. The fourth-order valence-corrected chi connectivity index (χ4v) is 2.57. The summed E-state index contributed by atoms with van der Waals surface area (Å²) in [5.41, 5.74) is 1.84. The molecule has 2 nitrogen and oxygen atoms in total. The molecule has 1 heterocycles. The van der Waals surface area contributed by atoms with Gasteiger partial charge in [-0.15, -0.1) is 11.3 Å². The second-order valence-corrected chi connectivity index (χ2v) is 5.33. The minimum absolute atomic E-state index is 0.274. The zero-order valence-corrected chi connectivity index (χ0v) is 11.4. The molecular formula is C14H13F2NOS. The van der Waals surface area contributed by atoms with E-state index in [0.717, 1.165) is 29.3 Å². The number of halogens is 2. The molecule has 100 valence electrons. The lowest BCUT2D eigenvalue weighted by Crippen LogP contribution is -2.24. The number of benzene rings is 1. The van der Waals surface area contributed by atoms with Crippen LogP contribution < -0.4 is 5.32 Å². The van der Waals surface area contributed by atoms with Crippen LogP contribution in [0.25, 0.3) is 0 Å². The molecule has 0 aliphatic rings. The van der Waals surface area contributed by atoms with Gasteiger partial charge in [0.15, 0.2) is 0 Å². The molecule has 19 heavy (non-hydrogen) atoms. The van der Waals surface area contributed by atoms with Crippen molar-refractivity contribution in [2.75, 3.05) is 0 Å². The second kappa shape index (κ2) is 5.48. The first-order valence-electron chi connectivity index (χ1n) is 5.76. The van der Waals surface area contributed by atoms with Crippen molar-refractivity contribution >= 4 is 17.2 Å². The Balaban J connectivity index is 2.09. The smallest absolute Gasteiger partial charge is 0.254 e. The summed E-state index contributed by atoms with van der Waals surface area (Å²) >= 11 is 1.60. The third kappa shape index (κ3) is 2.98. The number of hydrogen-bond acceptors (Lipinski definition) is 2. The Morgan fingerprint density at radius 1 is 1.32 bits per heavy atom. The molecule has 0 unspecified atom stereocenters. The van der Waals surface area contributed by atoms with Gasteiger partial charge < -0.3 is 5.32 Å². The molecule has 1 aromatic heterocycles. The van der Waals surface area contributed by atoms with E-state index in [0.29, 0.717) is 6.54 Å². The predicted octanol–water partition coefficient (Wildman–Crippen LogP) is 3.57. The molecule has 0 saturated carbocycles. The van der Waals surface area contributed by atoms with E-state index in [9.17, 15) is 13.6 Å². The molecule has 2 rings (SSSR count). The van der Waals surface area contributed by atoms with Crippen LogP contribution in [0, 0.1) is 25.5 Å². The zero-order valence-electron chi connectivity index (χ0n) is 10.6. The number of hydrogen-bond donors (Lipinski definition) is 1. The standard InChI is InChI=1S/C14H13F2NOS/c1-8-9(2)19-7-10(8)6-17-14(18)12-5-11(15)3-4-13(12)16/h3-5,7H,6H2,1-2H3,(H,17,18). The Morgan fingerprint density at radius 3 is 2.68 bits per heavy atom. The molecule has 5 heteroatoms. The Hall–Kier alpha value is -1.75. The number of thiophene rings is 1.